The van der Waals surface area contributed by atoms with Gasteiger partial charge in [-0.1, -0.05) is 0 Å². The van der Waals surface area contributed by atoms with Gasteiger partial charge in [-0.15, -0.1) is 0 Å². The average Bonchev–Trinajstić information content (AvgIpc) is 2.81. The standard InChI is InChI=1S/C12H13FN2O2/c1-2-15(11-5-3-9(13)4-6-11)12-14-10(7-16)8-17-12/h3-6,8,16H,2,7H2,1H3. The predicted octanol–water partition coefficient (Wildman–Crippen LogP) is 2.46. The van der Waals surface area contributed by atoms with Crippen LogP contribution in [0.15, 0.2) is 34.9 Å². The van der Waals surface area contributed by atoms with E-state index in [0.29, 0.717) is 18.3 Å². The normalized spacial score (nSPS) is 10.5. The minimum atomic E-state index is -0.284. The molecule has 0 atom stereocenters. The van der Waals surface area contributed by atoms with Gasteiger partial charge in [-0.05, 0) is 31.2 Å². The number of hydrogen-bond donors (Lipinski definition) is 1. The average molecular weight is 236 g/mol. The second kappa shape index (κ2) is 4.97. The van der Waals surface area contributed by atoms with Crippen molar-refractivity contribution < 1.29 is 13.9 Å². The van der Waals surface area contributed by atoms with Crippen molar-refractivity contribution in [1.29, 1.82) is 0 Å². The molecule has 0 aliphatic heterocycles. The topological polar surface area (TPSA) is 49.5 Å². The Hall–Kier alpha value is -1.88. The number of anilines is 2. The fourth-order valence-electron chi connectivity index (χ4n) is 1.54. The third-order valence-electron chi connectivity index (χ3n) is 2.39. The molecule has 0 fully saturated rings. The summed E-state index contributed by atoms with van der Waals surface area (Å²) in [6.07, 6.45) is 1.40. The molecule has 0 spiro atoms. The number of benzene rings is 1. The van der Waals surface area contributed by atoms with Gasteiger partial charge >= 0.3 is 6.01 Å². The number of aliphatic hydroxyl groups excluding tert-OH is 1. The second-order valence-corrected chi connectivity index (χ2v) is 3.50. The summed E-state index contributed by atoms with van der Waals surface area (Å²) >= 11 is 0. The highest BCUT2D eigenvalue weighted by Gasteiger charge is 2.13. The van der Waals surface area contributed by atoms with Gasteiger partial charge in [-0.3, -0.25) is 4.90 Å². The molecule has 2 aromatic rings. The third kappa shape index (κ3) is 2.45. The Morgan fingerprint density at radius 2 is 2.06 bits per heavy atom. The number of aromatic nitrogens is 1. The van der Waals surface area contributed by atoms with Crippen LogP contribution in [0.1, 0.15) is 12.6 Å². The van der Waals surface area contributed by atoms with Crippen LogP contribution in [0.3, 0.4) is 0 Å². The van der Waals surface area contributed by atoms with Crippen LogP contribution in [0.5, 0.6) is 0 Å². The number of nitrogens with zero attached hydrogens (tertiary/aromatic N) is 2. The molecule has 1 N–H and O–H groups in total. The first-order valence-corrected chi connectivity index (χ1v) is 5.33. The van der Waals surface area contributed by atoms with Crippen LogP contribution in [0.2, 0.25) is 0 Å². The number of rotatable bonds is 4. The van der Waals surface area contributed by atoms with Gasteiger partial charge in [0.25, 0.3) is 0 Å². The van der Waals surface area contributed by atoms with E-state index in [-0.39, 0.29) is 12.4 Å². The van der Waals surface area contributed by atoms with Gasteiger partial charge in [-0.25, -0.2) is 4.39 Å². The van der Waals surface area contributed by atoms with E-state index in [1.54, 1.807) is 17.0 Å². The molecule has 4 nitrogen and oxygen atoms in total. The van der Waals surface area contributed by atoms with Crippen LogP contribution in [0.25, 0.3) is 0 Å². The molecule has 0 aliphatic carbocycles. The van der Waals surface area contributed by atoms with Gasteiger partial charge in [0.1, 0.15) is 17.8 Å². The van der Waals surface area contributed by atoms with Crippen molar-refractivity contribution in [2.45, 2.75) is 13.5 Å². The summed E-state index contributed by atoms with van der Waals surface area (Å²) in [5, 5.41) is 8.92. The quantitative estimate of drug-likeness (QED) is 0.885. The molecule has 0 radical (unpaired) electrons. The number of aliphatic hydroxyl groups is 1. The molecule has 1 aromatic heterocycles. The monoisotopic (exact) mass is 236 g/mol. The lowest BCUT2D eigenvalue weighted by molar-refractivity contribution is 0.276. The Morgan fingerprint density at radius 3 is 2.59 bits per heavy atom. The van der Waals surface area contributed by atoms with Crippen molar-refractivity contribution >= 4 is 11.7 Å². The highest BCUT2D eigenvalue weighted by Crippen LogP contribution is 2.24. The van der Waals surface area contributed by atoms with E-state index in [9.17, 15) is 4.39 Å². The maximum atomic E-state index is 12.8. The molecule has 0 unspecified atom stereocenters. The van der Waals surface area contributed by atoms with E-state index in [1.807, 2.05) is 6.92 Å². The summed E-state index contributed by atoms with van der Waals surface area (Å²) in [6, 6.07) is 6.47. The summed E-state index contributed by atoms with van der Waals surface area (Å²) in [7, 11) is 0. The Morgan fingerprint density at radius 1 is 1.35 bits per heavy atom. The fraction of sp³-hybridized carbons (Fsp3) is 0.250. The van der Waals surface area contributed by atoms with E-state index >= 15 is 0 Å². The summed E-state index contributed by atoms with van der Waals surface area (Å²) in [5.41, 5.74) is 1.26. The van der Waals surface area contributed by atoms with E-state index in [0.717, 1.165) is 5.69 Å². The zero-order chi connectivity index (χ0) is 12.3. The van der Waals surface area contributed by atoms with Crippen molar-refractivity contribution in [2.75, 3.05) is 11.4 Å². The second-order valence-electron chi connectivity index (χ2n) is 3.50. The lowest BCUT2D eigenvalue weighted by atomic mass is 10.3. The first kappa shape index (κ1) is 11.6. The van der Waals surface area contributed by atoms with Gasteiger partial charge in [0, 0.05) is 12.2 Å². The highest BCUT2D eigenvalue weighted by atomic mass is 19.1. The Kier molecular flexibility index (Phi) is 3.39. The molecule has 5 heteroatoms. The Labute approximate surface area is 98.3 Å². The van der Waals surface area contributed by atoms with E-state index < -0.39 is 0 Å². The van der Waals surface area contributed by atoms with Crippen molar-refractivity contribution in [3.8, 4) is 0 Å². The van der Waals surface area contributed by atoms with Gasteiger partial charge in [0.15, 0.2) is 0 Å². The van der Waals surface area contributed by atoms with E-state index in [4.69, 9.17) is 9.52 Å². The molecular weight excluding hydrogens is 223 g/mol. The lowest BCUT2D eigenvalue weighted by Crippen LogP contribution is -2.16. The maximum Gasteiger partial charge on any atom is 0.302 e. The number of halogens is 1. The van der Waals surface area contributed by atoms with Crippen molar-refractivity contribution in [1.82, 2.24) is 4.98 Å². The molecule has 0 saturated heterocycles. The molecule has 90 valence electrons. The number of hydrogen-bond acceptors (Lipinski definition) is 4. The van der Waals surface area contributed by atoms with Crippen molar-refractivity contribution in [3.05, 3.63) is 42.0 Å². The molecule has 1 aromatic carbocycles. The third-order valence-corrected chi connectivity index (χ3v) is 2.39. The molecule has 17 heavy (non-hydrogen) atoms. The van der Waals surface area contributed by atoms with Crippen LogP contribution in [0.4, 0.5) is 16.1 Å². The minimum absolute atomic E-state index is 0.162. The summed E-state index contributed by atoms with van der Waals surface area (Å²) in [6.45, 7) is 2.41. The molecular formula is C12H13FN2O2. The minimum Gasteiger partial charge on any atom is -0.431 e. The molecule has 0 aliphatic rings. The SMILES string of the molecule is CCN(c1ccc(F)cc1)c1nc(CO)co1. The highest BCUT2D eigenvalue weighted by molar-refractivity contribution is 5.55. The van der Waals surface area contributed by atoms with Crippen LogP contribution < -0.4 is 4.90 Å². The van der Waals surface area contributed by atoms with Gasteiger partial charge < -0.3 is 9.52 Å². The fourth-order valence-corrected chi connectivity index (χ4v) is 1.54. The van der Waals surface area contributed by atoms with Gasteiger partial charge in [-0.2, -0.15) is 4.98 Å². The molecule has 0 amide bonds. The predicted molar refractivity (Wildman–Crippen MR) is 61.5 cm³/mol. The smallest absolute Gasteiger partial charge is 0.302 e. The van der Waals surface area contributed by atoms with Crippen LogP contribution in [0, 0.1) is 5.82 Å². The Balaban J connectivity index is 2.29. The van der Waals surface area contributed by atoms with Crippen LogP contribution in [-0.4, -0.2) is 16.6 Å². The number of oxazole rings is 1. The van der Waals surface area contributed by atoms with Gasteiger partial charge in [0.2, 0.25) is 0 Å². The zero-order valence-electron chi connectivity index (χ0n) is 9.43. The molecule has 1 heterocycles. The summed E-state index contributed by atoms with van der Waals surface area (Å²) in [5.74, 6) is -0.284. The van der Waals surface area contributed by atoms with Gasteiger partial charge in [0.05, 0.1) is 6.61 Å². The molecule has 2 rings (SSSR count). The lowest BCUT2D eigenvalue weighted by Gasteiger charge is -2.18. The van der Waals surface area contributed by atoms with Crippen LogP contribution in [-0.2, 0) is 6.61 Å². The van der Waals surface area contributed by atoms with Crippen molar-refractivity contribution in [3.63, 3.8) is 0 Å². The largest absolute Gasteiger partial charge is 0.431 e. The van der Waals surface area contributed by atoms with E-state index in [1.165, 1.54) is 18.4 Å². The van der Waals surface area contributed by atoms with E-state index in [2.05, 4.69) is 4.98 Å². The molecule has 0 bridgehead atoms. The summed E-state index contributed by atoms with van der Waals surface area (Å²) < 4.78 is 18.1. The summed E-state index contributed by atoms with van der Waals surface area (Å²) in [4.78, 5) is 5.90. The first-order chi connectivity index (χ1) is 8.24. The molecule has 0 saturated carbocycles. The Bertz CT molecular complexity index is 482. The zero-order valence-corrected chi connectivity index (χ0v) is 9.43. The maximum absolute atomic E-state index is 12.8. The first-order valence-electron chi connectivity index (χ1n) is 5.33. The van der Waals surface area contributed by atoms with Crippen molar-refractivity contribution in [2.24, 2.45) is 0 Å². The van der Waals surface area contributed by atoms with Crippen LogP contribution >= 0.6 is 0 Å².